The zero-order valence-corrected chi connectivity index (χ0v) is 10.3. The highest BCUT2D eigenvalue weighted by Crippen LogP contribution is 2.31. The molecule has 2 amide bonds. The van der Waals surface area contributed by atoms with Gasteiger partial charge in [0.05, 0.1) is 5.56 Å². The van der Waals surface area contributed by atoms with E-state index in [4.69, 9.17) is 0 Å². The molecule has 0 atom stereocenters. The maximum Gasteiger partial charge on any atom is 0.255 e. The van der Waals surface area contributed by atoms with Crippen LogP contribution >= 0.6 is 0 Å². The van der Waals surface area contributed by atoms with E-state index in [0.29, 0.717) is 31.7 Å². The van der Waals surface area contributed by atoms with Crippen molar-refractivity contribution in [3.05, 3.63) is 24.0 Å². The third kappa shape index (κ3) is 2.12. The summed E-state index contributed by atoms with van der Waals surface area (Å²) in [5.74, 6) is 0.607. The topological polar surface area (TPSA) is 56.4 Å². The summed E-state index contributed by atoms with van der Waals surface area (Å²) in [5.41, 5.74) is 0.692. The second kappa shape index (κ2) is 4.48. The summed E-state index contributed by atoms with van der Waals surface area (Å²) < 4.78 is 0. The predicted molar refractivity (Wildman–Crippen MR) is 66.0 cm³/mol. The highest BCUT2D eigenvalue weighted by Gasteiger charge is 2.35. The molecule has 5 nitrogen and oxygen atoms in total. The zero-order chi connectivity index (χ0) is 12.5. The van der Waals surface area contributed by atoms with Crippen molar-refractivity contribution in [2.75, 3.05) is 26.2 Å². The van der Waals surface area contributed by atoms with Crippen LogP contribution in [0.25, 0.3) is 0 Å². The Morgan fingerprint density at radius 1 is 1.11 bits per heavy atom. The summed E-state index contributed by atoms with van der Waals surface area (Å²) in [4.78, 5) is 30.6. The van der Waals surface area contributed by atoms with Gasteiger partial charge in [-0.1, -0.05) is 0 Å². The van der Waals surface area contributed by atoms with Crippen molar-refractivity contribution in [3.8, 4) is 0 Å². The van der Waals surface area contributed by atoms with Crippen molar-refractivity contribution < 1.29 is 9.59 Å². The van der Waals surface area contributed by atoms with Crippen LogP contribution in [0.1, 0.15) is 23.2 Å². The Bertz CT molecular complexity index is 443. The van der Waals surface area contributed by atoms with Crippen LogP contribution < -0.4 is 0 Å². The van der Waals surface area contributed by atoms with Gasteiger partial charge in [0, 0.05) is 44.5 Å². The van der Waals surface area contributed by atoms with Gasteiger partial charge in [-0.25, -0.2) is 0 Å². The van der Waals surface area contributed by atoms with Crippen molar-refractivity contribution in [2.45, 2.75) is 12.8 Å². The van der Waals surface area contributed by atoms with Gasteiger partial charge >= 0.3 is 0 Å². The summed E-state index contributed by atoms with van der Waals surface area (Å²) in [6.45, 7) is 2.63. The van der Waals surface area contributed by atoms with Gasteiger partial charge in [0.1, 0.15) is 0 Å². The molecule has 96 valence electrons. The molecule has 1 saturated heterocycles. The maximum atomic E-state index is 12.1. The Morgan fingerprint density at radius 2 is 1.78 bits per heavy atom. The molecular formula is C13H17N3O2. The van der Waals surface area contributed by atoms with Crippen LogP contribution in [0.3, 0.4) is 0 Å². The Balaban J connectivity index is 1.56. The lowest BCUT2D eigenvalue weighted by Crippen LogP contribution is -2.51. The van der Waals surface area contributed by atoms with Crippen LogP contribution in [-0.4, -0.2) is 52.8 Å². The monoisotopic (exact) mass is 247 g/mol. The van der Waals surface area contributed by atoms with E-state index in [1.165, 1.54) is 0 Å². The van der Waals surface area contributed by atoms with Crippen molar-refractivity contribution in [1.82, 2.24) is 14.8 Å². The molecule has 1 aliphatic carbocycles. The molecular weight excluding hydrogens is 230 g/mol. The van der Waals surface area contributed by atoms with E-state index in [1.807, 2.05) is 9.80 Å². The quantitative estimate of drug-likeness (QED) is 0.836. The van der Waals surface area contributed by atoms with Crippen LogP contribution in [-0.2, 0) is 4.79 Å². The van der Waals surface area contributed by atoms with Gasteiger partial charge in [-0.2, -0.15) is 0 Å². The minimum Gasteiger partial charge on any atom is -0.367 e. The lowest BCUT2D eigenvalue weighted by molar-refractivity contribution is -0.134. The summed E-state index contributed by atoms with van der Waals surface area (Å²) in [5, 5.41) is 0. The molecule has 5 heteroatoms. The minimum atomic E-state index is 0.0507. The molecule has 0 aromatic carbocycles. The average molecular weight is 247 g/mol. The summed E-state index contributed by atoms with van der Waals surface area (Å²) in [7, 11) is 0. The summed E-state index contributed by atoms with van der Waals surface area (Å²) in [6, 6.07) is 1.78. The van der Waals surface area contributed by atoms with Crippen LogP contribution in [0.15, 0.2) is 18.5 Å². The van der Waals surface area contributed by atoms with Crippen LogP contribution in [0.2, 0.25) is 0 Å². The maximum absolute atomic E-state index is 12.1. The number of nitrogens with one attached hydrogen (secondary N) is 1. The van der Waals surface area contributed by atoms with Gasteiger partial charge in [-0.05, 0) is 18.9 Å². The number of rotatable bonds is 2. The van der Waals surface area contributed by atoms with Crippen molar-refractivity contribution in [2.24, 2.45) is 5.92 Å². The van der Waals surface area contributed by atoms with Gasteiger partial charge in [0.15, 0.2) is 0 Å². The van der Waals surface area contributed by atoms with Gasteiger partial charge in [-0.15, -0.1) is 0 Å². The lowest BCUT2D eigenvalue weighted by atomic mass is 10.2. The third-order valence-corrected chi connectivity index (χ3v) is 3.65. The van der Waals surface area contributed by atoms with Crippen LogP contribution in [0, 0.1) is 5.92 Å². The van der Waals surface area contributed by atoms with Gasteiger partial charge in [0.2, 0.25) is 5.91 Å². The van der Waals surface area contributed by atoms with Gasteiger partial charge in [0.25, 0.3) is 5.91 Å². The van der Waals surface area contributed by atoms with E-state index >= 15 is 0 Å². The number of H-pyrrole nitrogens is 1. The number of hydrogen-bond acceptors (Lipinski definition) is 2. The molecule has 2 aliphatic rings. The fourth-order valence-corrected chi connectivity index (χ4v) is 2.36. The molecule has 1 aromatic rings. The van der Waals surface area contributed by atoms with E-state index in [0.717, 1.165) is 12.8 Å². The molecule has 0 bridgehead atoms. The second-order valence-electron chi connectivity index (χ2n) is 4.99. The first-order valence-electron chi connectivity index (χ1n) is 6.46. The molecule has 18 heavy (non-hydrogen) atoms. The third-order valence-electron chi connectivity index (χ3n) is 3.65. The highest BCUT2D eigenvalue weighted by molar-refractivity contribution is 5.94. The van der Waals surface area contributed by atoms with Crippen LogP contribution in [0.5, 0.6) is 0 Å². The first kappa shape index (κ1) is 11.3. The first-order valence-corrected chi connectivity index (χ1v) is 6.46. The first-order chi connectivity index (χ1) is 8.75. The molecule has 3 rings (SSSR count). The molecule has 1 aliphatic heterocycles. The van der Waals surface area contributed by atoms with E-state index in [1.54, 1.807) is 18.5 Å². The lowest BCUT2D eigenvalue weighted by Gasteiger charge is -2.34. The number of carbonyl (C=O) groups is 2. The van der Waals surface area contributed by atoms with Crippen molar-refractivity contribution in [1.29, 1.82) is 0 Å². The predicted octanol–water partition coefficient (Wildman–Crippen LogP) is 0.709. The van der Waals surface area contributed by atoms with Crippen LogP contribution in [0.4, 0.5) is 0 Å². The number of hydrogen-bond donors (Lipinski definition) is 1. The Morgan fingerprint density at radius 3 is 2.33 bits per heavy atom. The largest absolute Gasteiger partial charge is 0.367 e. The number of nitrogens with zero attached hydrogens (tertiary/aromatic N) is 2. The highest BCUT2D eigenvalue weighted by atomic mass is 16.2. The van der Waals surface area contributed by atoms with E-state index in [9.17, 15) is 9.59 Å². The van der Waals surface area contributed by atoms with E-state index in [2.05, 4.69) is 4.98 Å². The standard InChI is InChI=1S/C13H17N3O2/c17-12(10-1-2-10)15-5-7-16(8-6-15)13(18)11-3-4-14-9-11/h3-4,9-10,14H,1-2,5-8H2. The molecule has 1 N–H and O–H groups in total. The SMILES string of the molecule is O=C(c1cc[nH]c1)N1CCN(C(=O)C2CC2)CC1. The van der Waals surface area contributed by atoms with Gasteiger partial charge < -0.3 is 14.8 Å². The summed E-state index contributed by atoms with van der Waals surface area (Å²) in [6.07, 6.45) is 5.55. The second-order valence-corrected chi connectivity index (χ2v) is 4.99. The van der Waals surface area contributed by atoms with Crippen molar-refractivity contribution in [3.63, 3.8) is 0 Å². The number of amides is 2. The minimum absolute atomic E-state index is 0.0507. The Kier molecular flexibility index (Phi) is 2.81. The molecule has 0 radical (unpaired) electrons. The Hall–Kier alpha value is -1.78. The molecule has 1 aromatic heterocycles. The fourth-order valence-electron chi connectivity index (χ4n) is 2.36. The average Bonchev–Trinajstić information content (AvgIpc) is 3.12. The molecule has 0 spiro atoms. The number of piperazine rings is 1. The van der Waals surface area contributed by atoms with E-state index < -0.39 is 0 Å². The smallest absolute Gasteiger partial charge is 0.255 e. The number of aromatic amines is 1. The molecule has 2 fully saturated rings. The van der Waals surface area contributed by atoms with Crippen molar-refractivity contribution >= 4 is 11.8 Å². The van der Waals surface area contributed by atoms with E-state index in [-0.39, 0.29) is 17.7 Å². The number of carbonyl (C=O) groups excluding carboxylic acids is 2. The van der Waals surface area contributed by atoms with Gasteiger partial charge in [-0.3, -0.25) is 9.59 Å². The zero-order valence-electron chi connectivity index (χ0n) is 10.3. The fraction of sp³-hybridized carbons (Fsp3) is 0.538. The number of aromatic nitrogens is 1. The molecule has 0 unspecified atom stereocenters. The molecule has 1 saturated carbocycles. The summed E-state index contributed by atoms with van der Waals surface area (Å²) >= 11 is 0. The normalized spacial score (nSPS) is 20.0. The molecule has 2 heterocycles. The Labute approximate surface area is 106 Å².